The Morgan fingerprint density at radius 3 is 1.67 bits per heavy atom. The molecule has 0 unspecified atom stereocenters. The van der Waals surface area contributed by atoms with Crippen LogP contribution in [0, 0.1) is 0 Å². The van der Waals surface area contributed by atoms with Crippen molar-refractivity contribution in [2.24, 2.45) is 0 Å². The highest BCUT2D eigenvalue weighted by molar-refractivity contribution is 7.80. The zero-order chi connectivity index (χ0) is 13.0. The van der Waals surface area contributed by atoms with Gasteiger partial charge in [0, 0.05) is 18.1 Å². The molecule has 3 fully saturated rings. The lowest BCUT2D eigenvalue weighted by Crippen LogP contribution is -2.67. The smallest absolute Gasteiger partial charge is 0.292 e. The second-order valence-electron chi connectivity index (χ2n) is 5.65. The van der Waals surface area contributed by atoms with E-state index >= 15 is 0 Å². The molecule has 4 amide bonds. The van der Waals surface area contributed by atoms with E-state index in [-0.39, 0.29) is 35.7 Å². The molecule has 5 nitrogen and oxygen atoms in total. The van der Waals surface area contributed by atoms with Gasteiger partial charge < -0.3 is 0 Å². The summed E-state index contributed by atoms with van der Waals surface area (Å²) in [6.07, 6.45) is 4.12. The van der Waals surface area contributed by atoms with E-state index in [2.05, 4.69) is 12.6 Å². The van der Waals surface area contributed by atoms with E-state index < -0.39 is 0 Å². The first-order chi connectivity index (χ1) is 8.52. The van der Waals surface area contributed by atoms with E-state index in [0.29, 0.717) is 0 Å². The van der Waals surface area contributed by atoms with Crippen LogP contribution in [0.2, 0.25) is 0 Å². The molecule has 6 heteroatoms. The first-order valence-electron chi connectivity index (χ1n) is 6.64. The number of carbonyl (C=O) groups is 2. The number of urea groups is 2. The van der Waals surface area contributed by atoms with Gasteiger partial charge in [0.2, 0.25) is 0 Å². The molecule has 1 saturated heterocycles. The highest BCUT2D eigenvalue weighted by atomic mass is 32.1. The Balaban J connectivity index is 1.92. The van der Waals surface area contributed by atoms with Crippen molar-refractivity contribution in [3.05, 3.63) is 0 Å². The van der Waals surface area contributed by atoms with Crippen molar-refractivity contribution < 1.29 is 9.59 Å². The molecule has 100 valence electrons. The SMILES string of the molecule is CC(C)N1C(=O)N(C2CC2)C(S)N(C2CC2)C1=O. The quantitative estimate of drug-likeness (QED) is 0.797. The molecule has 3 rings (SSSR count). The van der Waals surface area contributed by atoms with Gasteiger partial charge in [-0.1, -0.05) is 0 Å². The summed E-state index contributed by atoms with van der Waals surface area (Å²) in [6.45, 7) is 3.76. The summed E-state index contributed by atoms with van der Waals surface area (Å²) in [5.74, 6) is 0. The van der Waals surface area contributed by atoms with Gasteiger partial charge in [-0.3, -0.25) is 9.80 Å². The third-order valence-electron chi connectivity index (χ3n) is 3.75. The van der Waals surface area contributed by atoms with Crippen LogP contribution in [-0.4, -0.2) is 50.4 Å². The van der Waals surface area contributed by atoms with Crippen LogP contribution >= 0.6 is 12.6 Å². The van der Waals surface area contributed by atoms with Crippen molar-refractivity contribution >= 4 is 24.7 Å². The fraction of sp³-hybridized carbons (Fsp3) is 0.833. The van der Waals surface area contributed by atoms with E-state index in [0.717, 1.165) is 25.7 Å². The number of imide groups is 1. The minimum Gasteiger partial charge on any atom is -0.292 e. The molecule has 0 radical (unpaired) electrons. The molecule has 2 aliphatic carbocycles. The van der Waals surface area contributed by atoms with E-state index in [1.807, 2.05) is 13.8 Å². The standard InChI is InChI=1S/C12H19N3O2S/c1-7(2)13-10(16)14(8-3-4-8)12(18)15(11(13)17)9-5-6-9/h7-9,12,18H,3-6H2,1-2H3. The van der Waals surface area contributed by atoms with Crippen molar-refractivity contribution in [3.63, 3.8) is 0 Å². The summed E-state index contributed by atoms with van der Waals surface area (Å²) >= 11 is 4.52. The van der Waals surface area contributed by atoms with Gasteiger partial charge in [-0.05, 0) is 39.5 Å². The van der Waals surface area contributed by atoms with Gasteiger partial charge in [0.25, 0.3) is 0 Å². The number of carbonyl (C=O) groups excluding carboxylic acids is 2. The average molecular weight is 269 g/mol. The summed E-state index contributed by atoms with van der Waals surface area (Å²) in [6, 6.07) is 0.100. The number of hydrogen-bond acceptors (Lipinski definition) is 3. The van der Waals surface area contributed by atoms with Crippen LogP contribution in [0.3, 0.4) is 0 Å². The molecule has 0 spiro atoms. The number of hydrogen-bond donors (Lipinski definition) is 1. The Bertz CT molecular complexity index is 361. The summed E-state index contributed by atoms with van der Waals surface area (Å²) < 4.78 is 0. The summed E-state index contributed by atoms with van der Waals surface area (Å²) in [7, 11) is 0. The van der Waals surface area contributed by atoms with Crippen LogP contribution in [0.25, 0.3) is 0 Å². The summed E-state index contributed by atoms with van der Waals surface area (Å²) in [5, 5.41) is 0. The Hall–Kier alpha value is -0.910. The zero-order valence-corrected chi connectivity index (χ0v) is 11.6. The molecule has 18 heavy (non-hydrogen) atoms. The number of amides is 4. The molecular formula is C12H19N3O2S. The van der Waals surface area contributed by atoms with Gasteiger partial charge in [-0.15, -0.1) is 12.6 Å². The predicted octanol–water partition coefficient (Wildman–Crippen LogP) is 2.09. The molecule has 0 N–H and O–H groups in total. The maximum atomic E-state index is 12.4. The van der Waals surface area contributed by atoms with Gasteiger partial charge >= 0.3 is 12.1 Å². The maximum Gasteiger partial charge on any atom is 0.330 e. The van der Waals surface area contributed by atoms with E-state index in [4.69, 9.17) is 0 Å². The van der Waals surface area contributed by atoms with Crippen LogP contribution < -0.4 is 0 Å². The molecule has 0 aromatic heterocycles. The first-order valence-corrected chi connectivity index (χ1v) is 7.16. The van der Waals surface area contributed by atoms with Gasteiger partial charge in [0.05, 0.1) is 0 Å². The normalized spacial score (nSPS) is 26.6. The maximum absolute atomic E-state index is 12.4. The van der Waals surface area contributed by atoms with Crippen molar-refractivity contribution in [2.45, 2.75) is 63.2 Å². The van der Waals surface area contributed by atoms with Crippen molar-refractivity contribution in [1.82, 2.24) is 14.7 Å². The first kappa shape index (κ1) is 12.1. The third kappa shape index (κ3) is 1.77. The predicted molar refractivity (Wildman–Crippen MR) is 70.3 cm³/mol. The number of thiol groups is 1. The van der Waals surface area contributed by atoms with Gasteiger partial charge in [-0.25, -0.2) is 14.5 Å². The average Bonchev–Trinajstić information content (AvgIpc) is 3.11. The lowest BCUT2D eigenvalue weighted by atomic mass is 10.3. The Morgan fingerprint density at radius 2 is 1.39 bits per heavy atom. The molecule has 0 bridgehead atoms. The van der Waals surface area contributed by atoms with E-state index in [1.165, 1.54) is 4.90 Å². The number of nitrogens with zero attached hydrogens (tertiary/aromatic N) is 3. The molecule has 0 aromatic carbocycles. The highest BCUT2D eigenvalue weighted by Gasteiger charge is 2.52. The van der Waals surface area contributed by atoms with Gasteiger partial charge in [-0.2, -0.15) is 0 Å². The van der Waals surface area contributed by atoms with Gasteiger partial charge in [0.15, 0.2) is 5.50 Å². The number of rotatable bonds is 3. The molecular weight excluding hydrogens is 250 g/mol. The topological polar surface area (TPSA) is 43.9 Å². The van der Waals surface area contributed by atoms with Crippen LogP contribution in [0.1, 0.15) is 39.5 Å². The largest absolute Gasteiger partial charge is 0.330 e. The lowest BCUT2D eigenvalue weighted by molar-refractivity contribution is 0.0514. The minimum atomic E-state index is -0.375. The van der Waals surface area contributed by atoms with Crippen molar-refractivity contribution in [2.75, 3.05) is 0 Å². The second kappa shape index (κ2) is 4.05. The van der Waals surface area contributed by atoms with Crippen LogP contribution in [0.15, 0.2) is 0 Å². The van der Waals surface area contributed by atoms with E-state index in [1.54, 1.807) is 9.80 Å². The highest BCUT2D eigenvalue weighted by Crippen LogP contribution is 2.40. The second-order valence-corrected chi connectivity index (χ2v) is 6.11. The summed E-state index contributed by atoms with van der Waals surface area (Å²) in [5.41, 5.74) is -0.375. The van der Waals surface area contributed by atoms with Crippen molar-refractivity contribution in [1.29, 1.82) is 0 Å². The third-order valence-corrected chi connectivity index (χ3v) is 4.25. The molecule has 0 aromatic rings. The molecule has 1 aliphatic heterocycles. The monoisotopic (exact) mass is 269 g/mol. The van der Waals surface area contributed by atoms with Crippen LogP contribution in [0.4, 0.5) is 9.59 Å². The lowest BCUT2D eigenvalue weighted by Gasteiger charge is -2.47. The molecule has 2 saturated carbocycles. The molecule has 3 aliphatic rings. The minimum absolute atomic E-state index is 0.103. The molecule has 0 atom stereocenters. The summed E-state index contributed by atoms with van der Waals surface area (Å²) in [4.78, 5) is 29.8. The van der Waals surface area contributed by atoms with E-state index in [9.17, 15) is 9.59 Å². The van der Waals surface area contributed by atoms with Crippen LogP contribution in [0.5, 0.6) is 0 Å². The van der Waals surface area contributed by atoms with Crippen molar-refractivity contribution in [3.8, 4) is 0 Å². The fourth-order valence-corrected chi connectivity index (χ4v) is 3.07. The zero-order valence-electron chi connectivity index (χ0n) is 10.7. The van der Waals surface area contributed by atoms with Crippen LogP contribution in [-0.2, 0) is 0 Å². The fourth-order valence-electron chi connectivity index (χ4n) is 2.50. The van der Waals surface area contributed by atoms with Gasteiger partial charge in [0.1, 0.15) is 0 Å². The Kier molecular flexibility index (Phi) is 2.73. The Labute approximate surface area is 112 Å². The Morgan fingerprint density at radius 1 is 1.00 bits per heavy atom. The molecule has 1 heterocycles.